The smallest absolute Gasteiger partial charge is 0.156 e. The van der Waals surface area contributed by atoms with E-state index < -0.39 is 0 Å². The van der Waals surface area contributed by atoms with Gasteiger partial charge in [-0.25, -0.2) is 4.39 Å². The Morgan fingerprint density at radius 1 is 1.21 bits per heavy atom. The molecule has 19 heavy (non-hydrogen) atoms. The van der Waals surface area contributed by atoms with Crippen LogP contribution < -0.4 is 0 Å². The van der Waals surface area contributed by atoms with Gasteiger partial charge in [0.05, 0.1) is 0 Å². The van der Waals surface area contributed by atoms with Crippen molar-refractivity contribution in [3.8, 4) is 0 Å². The molecule has 0 amide bonds. The number of halogens is 1. The van der Waals surface area contributed by atoms with Crippen LogP contribution in [0.3, 0.4) is 0 Å². The summed E-state index contributed by atoms with van der Waals surface area (Å²) in [4.78, 5) is 11.8. The van der Waals surface area contributed by atoms with E-state index in [0.717, 1.165) is 17.4 Å². The molecule has 0 spiro atoms. The number of fused-ring (bicyclic) bond motifs is 1. The van der Waals surface area contributed by atoms with E-state index in [4.69, 9.17) is 4.42 Å². The number of allylic oxidation sites excluding steroid dienone is 2. The molecule has 2 aromatic rings. The Balaban J connectivity index is 2.07. The van der Waals surface area contributed by atoms with Crippen molar-refractivity contribution in [1.82, 2.24) is 0 Å². The normalized spacial score (nSPS) is 18.7. The summed E-state index contributed by atoms with van der Waals surface area (Å²) in [5.41, 5.74) is 1.50. The maximum Gasteiger partial charge on any atom is 0.156 e. The molecule has 3 rings (SSSR count). The largest absolute Gasteiger partial charge is 0.456 e. The average Bonchev–Trinajstić information content (AvgIpc) is 2.69. The predicted octanol–water partition coefficient (Wildman–Crippen LogP) is 4.34. The van der Waals surface area contributed by atoms with Gasteiger partial charge in [0.25, 0.3) is 0 Å². The van der Waals surface area contributed by atoms with E-state index in [1.54, 1.807) is 18.2 Å². The predicted molar refractivity (Wildman–Crippen MR) is 72.2 cm³/mol. The fraction of sp³-hybridized carbons (Fsp3) is 0.312. The summed E-state index contributed by atoms with van der Waals surface area (Å²) in [5, 5.41) is 0.728. The molecule has 1 aliphatic carbocycles. The van der Waals surface area contributed by atoms with Crippen molar-refractivity contribution < 1.29 is 13.6 Å². The number of furan rings is 1. The standard InChI is InChI=1S/C16H15FO2/c1-16(2)8-11(6-13(18)9-16)15-7-10-5-12(17)3-4-14(10)19-15/h3-7H,8-9H2,1-2H3. The summed E-state index contributed by atoms with van der Waals surface area (Å²) >= 11 is 0. The first kappa shape index (κ1) is 12.2. The van der Waals surface area contributed by atoms with E-state index in [2.05, 4.69) is 13.8 Å². The van der Waals surface area contributed by atoms with Crippen molar-refractivity contribution in [2.75, 3.05) is 0 Å². The van der Waals surface area contributed by atoms with Crippen LogP contribution in [0.2, 0.25) is 0 Å². The third kappa shape index (κ3) is 2.33. The first-order valence-electron chi connectivity index (χ1n) is 6.36. The minimum atomic E-state index is -0.283. The van der Waals surface area contributed by atoms with Gasteiger partial charge in [-0.3, -0.25) is 4.79 Å². The molecule has 0 saturated heterocycles. The zero-order valence-electron chi connectivity index (χ0n) is 11.0. The maximum absolute atomic E-state index is 13.2. The quantitative estimate of drug-likeness (QED) is 0.761. The first-order valence-corrected chi connectivity index (χ1v) is 6.36. The van der Waals surface area contributed by atoms with Gasteiger partial charge >= 0.3 is 0 Å². The fourth-order valence-corrected chi connectivity index (χ4v) is 2.68. The second-order valence-electron chi connectivity index (χ2n) is 5.95. The van der Waals surface area contributed by atoms with Crippen LogP contribution >= 0.6 is 0 Å². The number of hydrogen-bond acceptors (Lipinski definition) is 2. The molecule has 0 atom stereocenters. The number of hydrogen-bond donors (Lipinski definition) is 0. The Hall–Kier alpha value is -1.90. The monoisotopic (exact) mass is 258 g/mol. The Bertz CT molecular complexity index is 692. The van der Waals surface area contributed by atoms with E-state index in [0.29, 0.717) is 17.8 Å². The highest BCUT2D eigenvalue weighted by Gasteiger charge is 2.29. The van der Waals surface area contributed by atoms with Crippen LogP contribution in [0.5, 0.6) is 0 Å². The highest BCUT2D eigenvalue weighted by molar-refractivity contribution is 5.99. The molecular formula is C16H15FO2. The third-order valence-corrected chi connectivity index (χ3v) is 3.45. The van der Waals surface area contributed by atoms with Gasteiger partial charge in [0.2, 0.25) is 0 Å². The van der Waals surface area contributed by atoms with Crippen LogP contribution in [-0.4, -0.2) is 5.78 Å². The van der Waals surface area contributed by atoms with Gasteiger partial charge in [-0.2, -0.15) is 0 Å². The summed E-state index contributed by atoms with van der Waals surface area (Å²) in [5.74, 6) is 0.508. The van der Waals surface area contributed by atoms with Gasteiger partial charge in [0.1, 0.15) is 17.2 Å². The SMILES string of the molecule is CC1(C)CC(=O)C=C(c2cc3cc(F)ccc3o2)C1. The molecule has 1 aromatic carbocycles. The zero-order valence-corrected chi connectivity index (χ0v) is 11.0. The summed E-state index contributed by atoms with van der Waals surface area (Å²) < 4.78 is 18.9. The molecule has 0 bridgehead atoms. The number of carbonyl (C=O) groups excluding carboxylic acids is 1. The third-order valence-electron chi connectivity index (χ3n) is 3.45. The maximum atomic E-state index is 13.2. The highest BCUT2D eigenvalue weighted by atomic mass is 19.1. The number of ketones is 1. The van der Waals surface area contributed by atoms with Crippen LogP contribution in [0.1, 0.15) is 32.4 Å². The van der Waals surface area contributed by atoms with E-state index in [1.807, 2.05) is 0 Å². The molecule has 0 fully saturated rings. The summed E-state index contributed by atoms with van der Waals surface area (Å²) in [6.07, 6.45) is 3.01. The van der Waals surface area contributed by atoms with Crippen LogP contribution in [0, 0.1) is 11.2 Å². The number of rotatable bonds is 1. The molecule has 1 aromatic heterocycles. The Morgan fingerprint density at radius 3 is 2.74 bits per heavy atom. The minimum Gasteiger partial charge on any atom is -0.456 e. The lowest BCUT2D eigenvalue weighted by molar-refractivity contribution is -0.116. The second-order valence-corrected chi connectivity index (χ2v) is 5.95. The van der Waals surface area contributed by atoms with Crippen molar-refractivity contribution in [2.24, 2.45) is 5.41 Å². The van der Waals surface area contributed by atoms with Gasteiger partial charge in [0, 0.05) is 11.8 Å². The van der Waals surface area contributed by atoms with Crippen molar-refractivity contribution in [1.29, 1.82) is 0 Å². The number of carbonyl (C=O) groups is 1. The second kappa shape index (κ2) is 4.05. The molecule has 2 nitrogen and oxygen atoms in total. The molecule has 1 heterocycles. The molecule has 0 saturated carbocycles. The van der Waals surface area contributed by atoms with Crippen LogP contribution in [0.25, 0.3) is 16.5 Å². The molecule has 0 unspecified atom stereocenters. The van der Waals surface area contributed by atoms with E-state index >= 15 is 0 Å². The van der Waals surface area contributed by atoms with E-state index in [1.165, 1.54) is 12.1 Å². The fourth-order valence-electron chi connectivity index (χ4n) is 2.68. The molecule has 0 N–H and O–H groups in total. The Morgan fingerprint density at radius 2 is 2.00 bits per heavy atom. The zero-order chi connectivity index (χ0) is 13.6. The Kier molecular flexibility index (Phi) is 2.59. The summed E-state index contributed by atoms with van der Waals surface area (Å²) in [6.45, 7) is 4.14. The van der Waals surface area contributed by atoms with Gasteiger partial charge in [-0.05, 0) is 47.8 Å². The van der Waals surface area contributed by atoms with Crippen LogP contribution in [-0.2, 0) is 4.79 Å². The lowest BCUT2D eigenvalue weighted by Gasteiger charge is -2.27. The number of benzene rings is 1. The molecule has 0 aliphatic heterocycles. The molecule has 1 aliphatic rings. The molecular weight excluding hydrogens is 243 g/mol. The van der Waals surface area contributed by atoms with Gasteiger partial charge in [-0.15, -0.1) is 0 Å². The van der Waals surface area contributed by atoms with Crippen molar-refractivity contribution >= 4 is 22.3 Å². The first-order chi connectivity index (χ1) is 8.93. The lowest BCUT2D eigenvalue weighted by atomic mass is 9.76. The van der Waals surface area contributed by atoms with E-state index in [9.17, 15) is 9.18 Å². The summed E-state index contributed by atoms with van der Waals surface area (Å²) in [7, 11) is 0. The summed E-state index contributed by atoms with van der Waals surface area (Å²) in [6, 6.07) is 6.24. The van der Waals surface area contributed by atoms with E-state index in [-0.39, 0.29) is 17.0 Å². The molecule has 3 heteroatoms. The lowest BCUT2D eigenvalue weighted by Crippen LogP contribution is -2.21. The Labute approximate surface area is 110 Å². The topological polar surface area (TPSA) is 30.2 Å². The van der Waals surface area contributed by atoms with Crippen molar-refractivity contribution in [2.45, 2.75) is 26.7 Å². The van der Waals surface area contributed by atoms with Gasteiger partial charge in [-0.1, -0.05) is 13.8 Å². The molecule has 0 radical (unpaired) electrons. The molecule has 98 valence electrons. The minimum absolute atomic E-state index is 0.0502. The van der Waals surface area contributed by atoms with Crippen LogP contribution in [0.4, 0.5) is 4.39 Å². The van der Waals surface area contributed by atoms with Crippen LogP contribution in [0.15, 0.2) is 34.8 Å². The highest BCUT2D eigenvalue weighted by Crippen LogP contribution is 2.39. The average molecular weight is 258 g/mol. The van der Waals surface area contributed by atoms with Gasteiger partial charge < -0.3 is 4.42 Å². The van der Waals surface area contributed by atoms with Crippen molar-refractivity contribution in [3.05, 3.63) is 41.9 Å². The van der Waals surface area contributed by atoms with Crippen molar-refractivity contribution in [3.63, 3.8) is 0 Å². The van der Waals surface area contributed by atoms with Gasteiger partial charge in [0.15, 0.2) is 5.78 Å².